The van der Waals surface area contributed by atoms with E-state index in [1.807, 2.05) is 0 Å². The number of ether oxygens (including phenoxy) is 3. The Balaban J connectivity index is 1.41. The van der Waals surface area contributed by atoms with Gasteiger partial charge < -0.3 is 30.2 Å². The number of aromatic nitrogens is 1. The van der Waals surface area contributed by atoms with Gasteiger partial charge in [0, 0.05) is 81.8 Å². The molecule has 1 aliphatic carbocycles. The molecule has 1 atom stereocenters. The Kier molecular flexibility index (Phi) is 9.70. The van der Waals surface area contributed by atoms with Crippen molar-refractivity contribution in [1.82, 2.24) is 10.3 Å². The number of rotatable bonds is 11. The largest absolute Gasteiger partial charge is 0.383 e. The number of anilines is 2. The summed E-state index contributed by atoms with van der Waals surface area (Å²) < 4.78 is 46.2. The van der Waals surface area contributed by atoms with Gasteiger partial charge in [0.25, 0.3) is 0 Å². The highest BCUT2D eigenvalue weighted by Crippen LogP contribution is 2.32. The van der Waals surface area contributed by atoms with Gasteiger partial charge >= 0.3 is 0 Å². The van der Waals surface area contributed by atoms with E-state index in [1.54, 1.807) is 32.4 Å². The number of hydrogen-bond acceptors (Lipinski definition) is 7. The van der Waals surface area contributed by atoms with Crippen LogP contribution in [0.2, 0.25) is 0 Å². The second-order valence-electron chi connectivity index (χ2n) is 10.3. The fourth-order valence-corrected chi connectivity index (χ4v) is 5.34. The van der Waals surface area contributed by atoms with Crippen LogP contribution in [0.1, 0.15) is 45.4 Å². The molecule has 2 aliphatic rings. The molecule has 2 aromatic rings. The summed E-state index contributed by atoms with van der Waals surface area (Å²) in [7, 11) is 3.42. The van der Waals surface area contributed by atoms with Gasteiger partial charge in [0.05, 0.1) is 18.4 Å². The van der Waals surface area contributed by atoms with Crippen LogP contribution < -0.4 is 16.0 Å². The van der Waals surface area contributed by atoms with Crippen molar-refractivity contribution in [3.8, 4) is 11.1 Å². The maximum absolute atomic E-state index is 14.9. The van der Waals surface area contributed by atoms with Gasteiger partial charge in [-0.25, -0.2) is 13.8 Å². The van der Waals surface area contributed by atoms with E-state index in [2.05, 4.69) is 27.9 Å². The lowest BCUT2D eigenvalue weighted by Gasteiger charge is -2.36. The van der Waals surface area contributed by atoms with Gasteiger partial charge in [0.15, 0.2) is 0 Å². The minimum Gasteiger partial charge on any atom is -0.383 e. The molecule has 37 heavy (non-hydrogen) atoms. The summed E-state index contributed by atoms with van der Waals surface area (Å²) in [5.74, 6) is -0.482. The Morgan fingerprint density at radius 1 is 1.03 bits per heavy atom. The molecule has 7 nitrogen and oxygen atoms in total. The number of halogens is 2. The number of methoxy groups -OCH3 is 2. The summed E-state index contributed by atoms with van der Waals surface area (Å²) in [5.41, 5.74) is 0.766. The lowest BCUT2D eigenvalue weighted by Crippen LogP contribution is -2.44. The molecule has 4 rings (SSSR count). The van der Waals surface area contributed by atoms with E-state index in [9.17, 15) is 8.78 Å². The summed E-state index contributed by atoms with van der Waals surface area (Å²) in [6, 6.07) is 7.31. The molecule has 1 saturated heterocycles. The van der Waals surface area contributed by atoms with Crippen molar-refractivity contribution in [3.05, 3.63) is 42.1 Å². The van der Waals surface area contributed by atoms with Crippen molar-refractivity contribution in [2.75, 3.05) is 51.2 Å². The first kappa shape index (κ1) is 27.7. The first-order valence-corrected chi connectivity index (χ1v) is 13.2. The molecule has 0 spiro atoms. The van der Waals surface area contributed by atoms with Crippen molar-refractivity contribution >= 4 is 11.5 Å². The SMILES string of the molecule is COC[C@@H](C)N[C@H]1CC[C@H](Nc2cc(-c3cc(NCC4(OC)CCOCC4)ccc3F)c(F)cn2)CC1. The topological polar surface area (TPSA) is 76.7 Å². The molecule has 3 N–H and O–H groups in total. The van der Waals surface area contributed by atoms with Gasteiger partial charge in [-0.3, -0.25) is 0 Å². The van der Waals surface area contributed by atoms with E-state index in [0.29, 0.717) is 50.0 Å². The van der Waals surface area contributed by atoms with Crippen LogP contribution in [0.4, 0.5) is 20.3 Å². The number of pyridine rings is 1. The van der Waals surface area contributed by atoms with Crippen molar-refractivity contribution in [1.29, 1.82) is 0 Å². The third-order valence-electron chi connectivity index (χ3n) is 7.58. The Labute approximate surface area is 218 Å². The van der Waals surface area contributed by atoms with Crippen LogP contribution >= 0.6 is 0 Å². The number of nitrogens with one attached hydrogen (secondary N) is 3. The molecular formula is C28H40F2N4O3. The predicted octanol–water partition coefficient (Wildman–Crippen LogP) is 4.98. The average molecular weight is 519 g/mol. The van der Waals surface area contributed by atoms with Crippen LogP contribution in [-0.2, 0) is 14.2 Å². The molecule has 0 bridgehead atoms. The molecule has 2 fully saturated rings. The first-order valence-electron chi connectivity index (χ1n) is 13.2. The van der Waals surface area contributed by atoms with E-state index in [4.69, 9.17) is 14.2 Å². The van der Waals surface area contributed by atoms with Crippen LogP contribution in [0, 0.1) is 11.6 Å². The van der Waals surface area contributed by atoms with Crippen LogP contribution in [0.15, 0.2) is 30.5 Å². The Hall–Kier alpha value is -2.33. The summed E-state index contributed by atoms with van der Waals surface area (Å²) in [5, 5.41) is 10.4. The zero-order chi connectivity index (χ0) is 26.3. The predicted molar refractivity (Wildman–Crippen MR) is 142 cm³/mol. The van der Waals surface area contributed by atoms with Crippen molar-refractivity contribution in [2.24, 2.45) is 0 Å². The number of nitrogens with zero attached hydrogens (tertiary/aromatic N) is 1. The second-order valence-corrected chi connectivity index (χ2v) is 10.3. The third-order valence-corrected chi connectivity index (χ3v) is 7.58. The standard InChI is InChI=1S/C28H40F2N4O3/c1-19(17-35-2)33-20-4-6-21(7-5-20)34-27-15-24(26(30)16-31-27)23-14-22(8-9-25(23)29)32-18-28(36-3)10-12-37-13-11-28/h8-9,14-16,19-21,32-33H,4-7,10-13,17-18H2,1-3H3,(H,31,34)/t19-,20-,21-/m1/s1. The highest BCUT2D eigenvalue weighted by Gasteiger charge is 2.32. The van der Waals surface area contributed by atoms with Crippen LogP contribution in [0.3, 0.4) is 0 Å². The van der Waals surface area contributed by atoms with Gasteiger partial charge in [-0.05, 0) is 56.9 Å². The Morgan fingerprint density at radius 3 is 2.43 bits per heavy atom. The summed E-state index contributed by atoms with van der Waals surface area (Å²) in [4.78, 5) is 4.24. The quantitative estimate of drug-likeness (QED) is 0.387. The number of benzene rings is 1. The van der Waals surface area contributed by atoms with Crippen molar-refractivity contribution in [3.63, 3.8) is 0 Å². The highest BCUT2D eigenvalue weighted by molar-refractivity contribution is 5.71. The Morgan fingerprint density at radius 2 is 1.73 bits per heavy atom. The fraction of sp³-hybridized carbons (Fsp3) is 0.607. The van der Waals surface area contributed by atoms with Gasteiger partial charge in [0.1, 0.15) is 17.5 Å². The normalized spacial score (nSPS) is 22.4. The lowest BCUT2D eigenvalue weighted by molar-refractivity contribution is -0.0807. The molecule has 1 aromatic heterocycles. The maximum Gasteiger partial charge on any atom is 0.149 e. The molecule has 0 radical (unpaired) electrons. The summed E-state index contributed by atoms with van der Waals surface area (Å²) >= 11 is 0. The van der Waals surface area contributed by atoms with Crippen LogP contribution in [0.5, 0.6) is 0 Å². The first-order chi connectivity index (χ1) is 17.9. The van der Waals surface area contributed by atoms with E-state index in [0.717, 1.165) is 38.5 Å². The average Bonchev–Trinajstić information content (AvgIpc) is 2.91. The van der Waals surface area contributed by atoms with Gasteiger partial charge in [0.2, 0.25) is 0 Å². The summed E-state index contributed by atoms with van der Waals surface area (Å²) in [6.45, 7) is 4.67. The van der Waals surface area contributed by atoms with E-state index in [-0.39, 0.29) is 22.8 Å². The third kappa shape index (κ3) is 7.37. The van der Waals surface area contributed by atoms with E-state index < -0.39 is 11.6 Å². The van der Waals surface area contributed by atoms with Crippen LogP contribution in [0.25, 0.3) is 11.1 Å². The van der Waals surface area contributed by atoms with E-state index >= 15 is 0 Å². The van der Waals surface area contributed by atoms with Crippen molar-refractivity contribution < 1.29 is 23.0 Å². The second kappa shape index (κ2) is 13.0. The molecule has 2 heterocycles. The monoisotopic (exact) mass is 518 g/mol. The highest BCUT2D eigenvalue weighted by atomic mass is 19.1. The van der Waals surface area contributed by atoms with Crippen molar-refractivity contribution in [2.45, 2.75) is 69.2 Å². The molecule has 1 aliphatic heterocycles. The molecule has 0 amide bonds. The number of hydrogen-bond donors (Lipinski definition) is 3. The van der Waals surface area contributed by atoms with E-state index in [1.165, 1.54) is 12.3 Å². The molecular weight excluding hydrogens is 478 g/mol. The zero-order valence-corrected chi connectivity index (χ0v) is 22.1. The Bertz CT molecular complexity index is 1010. The molecule has 204 valence electrons. The molecule has 1 saturated carbocycles. The minimum absolute atomic E-state index is 0.190. The molecule has 9 heteroatoms. The lowest BCUT2D eigenvalue weighted by atomic mass is 9.90. The smallest absolute Gasteiger partial charge is 0.149 e. The van der Waals surface area contributed by atoms with Gasteiger partial charge in [-0.15, -0.1) is 0 Å². The van der Waals surface area contributed by atoms with Crippen LogP contribution in [-0.4, -0.2) is 69.3 Å². The molecule has 1 aromatic carbocycles. The zero-order valence-electron chi connectivity index (χ0n) is 22.1. The van der Waals surface area contributed by atoms with Gasteiger partial charge in [-0.1, -0.05) is 0 Å². The molecule has 0 unspecified atom stereocenters. The maximum atomic E-state index is 14.9. The minimum atomic E-state index is -0.556. The van der Waals surface area contributed by atoms with Gasteiger partial charge in [-0.2, -0.15) is 0 Å². The summed E-state index contributed by atoms with van der Waals surface area (Å²) in [6.07, 6.45) is 6.76. The fourth-order valence-electron chi connectivity index (χ4n) is 5.34.